The highest BCUT2D eigenvalue weighted by molar-refractivity contribution is 5.79. The molecule has 0 saturated carbocycles. The second-order valence-electron chi connectivity index (χ2n) is 7.11. The van der Waals surface area contributed by atoms with Gasteiger partial charge < -0.3 is 20.3 Å². The molecule has 2 N–H and O–H groups in total. The Morgan fingerprint density at radius 1 is 1.32 bits per heavy atom. The van der Waals surface area contributed by atoms with E-state index in [4.69, 9.17) is 10.5 Å². The predicted molar refractivity (Wildman–Crippen MR) is 96.5 cm³/mol. The number of anilines is 1. The molecule has 0 radical (unpaired) electrons. The first-order valence-corrected chi connectivity index (χ1v) is 9.26. The fraction of sp³-hybridized carbons (Fsp3) is 0.722. The molecule has 2 aliphatic rings. The van der Waals surface area contributed by atoms with E-state index in [0.717, 1.165) is 45.3 Å². The molecule has 138 valence electrons. The van der Waals surface area contributed by atoms with Crippen LogP contribution in [0.3, 0.4) is 0 Å². The molecule has 7 nitrogen and oxygen atoms in total. The van der Waals surface area contributed by atoms with E-state index in [9.17, 15) is 4.79 Å². The van der Waals surface area contributed by atoms with Gasteiger partial charge in [-0.25, -0.2) is 4.98 Å². The Labute approximate surface area is 149 Å². The van der Waals surface area contributed by atoms with Crippen LogP contribution in [0.1, 0.15) is 32.6 Å². The number of nitrogens with zero attached hydrogens (tertiary/aromatic N) is 4. The lowest BCUT2D eigenvalue weighted by Gasteiger charge is -2.42. The molecule has 2 fully saturated rings. The number of methoxy groups -OCH3 is 1. The van der Waals surface area contributed by atoms with Gasteiger partial charge in [0.1, 0.15) is 0 Å². The van der Waals surface area contributed by atoms with Crippen LogP contribution in [0.2, 0.25) is 0 Å². The second kappa shape index (κ2) is 7.99. The van der Waals surface area contributed by atoms with Crippen molar-refractivity contribution >= 4 is 11.9 Å². The molecule has 2 atom stereocenters. The molecule has 3 rings (SSSR count). The fourth-order valence-corrected chi connectivity index (χ4v) is 4.04. The summed E-state index contributed by atoms with van der Waals surface area (Å²) in [7, 11) is 1.60. The van der Waals surface area contributed by atoms with Gasteiger partial charge in [0.05, 0.1) is 7.11 Å². The molecule has 0 bridgehead atoms. The zero-order valence-corrected chi connectivity index (χ0v) is 15.2. The molecule has 25 heavy (non-hydrogen) atoms. The number of amides is 1. The Bertz CT molecular complexity index is 589. The van der Waals surface area contributed by atoms with Crippen LogP contribution >= 0.6 is 0 Å². The molecular weight excluding hydrogens is 318 g/mol. The van der Waals surface area contributed by atoms with Gasteiger partial charge in [-0.2, -0.15) is 4.98 Å². The van der Waals surface area contributed by atoms with Crippen molar-refractivity contribution in [3.05, 3.63) is 12.3 Å². The molecule has 1 aromatic heterocycles. The van der Waals surface area contributed by atoms with Crippen molar-refractivity contribution in [1.82, 2.24) is 14.9 Å². The van der Waals surface area contributed by atoms with Gasteiger partial charge >= 0.3 is 0 Å². The number of carbonyl (C=O) groups is 1. The maximum atomic E-state index is 13.0. The fourth-order valence-electron chi connectivity index (χ4n) is 4.04. The van der Waals surface area contributed by atoms with Crippen LogP contribution in [-0.4, -0.2) is 60.1 Å². The van der Waals surface area contributed by atoms with Gasteiger partial charge in [0.15, 0.2) is 0 Å². The highest BCUT2D eigenvalue weighted by atomic mass is 16.5. The maximum Gasteiger partial charge on any atom is 0.228 e. The zero-order chi connectivity index (χ0) is 17.8. The first kappa shape index (κ1) is 17.9. The lowest BCUT2D eigenvalue weighted by Crippen LogP contribution is -2.54. The Hall–Kier alpha value is -1.89. The van der Waals surface area contributed by atoms with E-state index in [0.29, 0.717) is 24.3 Å². The second-order valence-corrected chi connectivity index (χ2v) is 7.11. The number of hydrogen-bond acceptors (Lipinski definition) is 6. The summed E-state index contributed by atoms with van der Waals surface area (Å²) in [5, 5.41) is 0. The van der Waals surface area contributed by atoms with Gasteiger partial charge in [-0.3, -0.25) is 4.79 Å². The van der Waals surface area contributed by atoms with Crippen molar-refractivity contribution in [2.75, 3.05) is 38.2 Å². The largest absolute Gasteiger partial charge is 0.481 e. The van der Waals surface area contributed by atoms with E-state index < -0.39 is 0 Å². The Morgan fingerprint density at radius 2 is 2.08 bits per heavy atom. The molecule has 1 aromatic rings. The number of ether oxygens (including phenoxy) is 1. The summed E-state index contributed by atoms with van der Waals surface area (Å²) < 4.78 is 5.17. The maximum absolute atomic E-state index is 13.0. The van der Waals surface area contributed by atoms with Gasteiger partial charge in [-0.1, -0.05) is 6.92 Å². The number of nitrogens with two attached hydrogens (primary N) is 1. The van der Waals surface area contributed by atoms with Gasteiger partial charge in [-0.15, -0.1) is 0 Å². The highest BCUT2D eigenvalue weighted by Gasteiger charge is 2.35. The first-order valence-electron chi connectivity index (χ1n) is 9.26. The summed E-state index contributed by atoms with van der Waals surface area (Å²) >= 11 is 0. The summed E-state index contributed by atoms with van der Waals surface area (Å²) in [4.78, 5) is 25.9. The molecule has 1 amide bonds. The van der Waals surface area contributed by atoms with E-state index in [2.05, 4.69) is 26.7 Å². The van der Waals surface area contributed by atoms with Crippen molar-refractivity contribution in [3.8, 4) is 5.88 Å². The summed E-state index contributed by atoms with van der Waals surface area (Å²) in [5.41, 5.74) is 5.95. The molecular formula is C18H29N5O2. The SMILES string of the molecule is COc1ccnc(N2CCC(C(=O)N3CCCC(C)C3CN)CC2)n1. The predicted octanol–water partition coefficient (Wildman–Crippen LogP) is 1.29. The van der Waals surface area contributed by atoms with Crippen molar-refractivity contribution in [1.29, 1.82) is 0 Å². The van der Waals surface area contributed by atoms with E-state index in [-0.39, 0.29) is 17.9 Å². The van der Waals surface area contributed by atoms with Crippen LogP contribution < -0.4 is 15.4 Å². The van der Waals surface area contributed by atoms with Crippen molar-refractivity contribution in [2.24, 2.45) is 17.6 Å². The van der Waals surface area contributed by atoms with Gasteiger partial charge in [0.2, 0.25) is 17.7 Å². The number of likely N-dealkylation sites (tertiary alicyclic amines) is 1. The van der Waals surface area contributed by atoms with E-state index >= 15 is 0 Å². The third-order valence-electron chi connectivity index (χ3n) is 5.59. The topological polar surface area (TPSA) is 84.6 Å². The molecule has 0 spiro atoms. The molecule has 2 unspecified atom stereocenters. The number of carbonyl (C=O) groups excluding carboxylic acids is 1. The zero-order valence-electron chi connectivity index (χ0n) is 15.2. The van der Waals surface area contributed by atoms with Crippen LogP contribution in [0.4, 0.5) is 5.95 Å². The minimum Gasteiger partial charge on any atom is -0.481 e. The van der Waals surface area contributed by atoms with Crippen LogP contribution in [0.5, 0.6) is 5.88 Å². The third-order valence-corrected chi connectivity index (χ3v) is 5.59. The van der Waals surface area contributed by atoms with Crippen LogP contribution in [0.25, 0.3) is 0 Å². The average Bonchev–Trinajstić information content (AvgIpc) is 2.67. The van der Waals surface area contributed by atoms with Crippen molar-refractivity contribution in [3.63, 3.8) is 0 Å². The average molecular weight is 347 g/mol. The smallest absolute Gasteiger partial charge is 0.228 e. The van der Waals surface area contributed by atoms with Crippen LogP contribution in [-0.2, 0) is 4.79 Å². The molecule has 3 heterocycles. The third kappa shape index (κ3) is 3.86. The monoisotopic (exact) mass is 347 g/mol. The summed E-state index contributed by atoms with van der Waals surface area (Å²) in [6.07, 6.45) is 5.62. The van der Waals surface area contributed by atoms with Gasteiger partial charge in [0.25, 0.3) is 0 Å². The highest BCUT2D eigenvalue weighted by Crippen LogP contribution is 2.28. The van der Waals surface area contributed by atoms with Crippen molar-refractivity contribution < 1.29 is 9.53 Å². The Morgan fingerprint density at radius 3 is 2.76 bits per heavy atom. The lowest BCUT2D eigenvalue weighted by molar-refractivity contribution is -0.141. The Balaban J connectivity index is 1.60. The van der Waals surface area contributed by atoms with Crippen LogP contribution in [0.15, 0.2) is 12.3 Å². The molecule has 2 saturated heterocycles. The molecule has 2 aliphatic heterocycles. The number of hydrogen-bond donors (Lipinski definition) is 1. The minimum absolute atomic E-state index is 0.0845. The normalized spacial score (nSPS) is 25.1. The number of aromatic nitrogens is 2. The van der Waals surface area contributed by atoms with E-state index in [1.807, 2.05) is 0 Å². The number of rotatable bonds is 4. The van der Waals surface area contributed by atoms with Gasteiger partial charge in [0, 0.05) is 50.4 Å². The molecule has 0 aliphatic carbocycles. The van der Waals surface area contributed by atoms with E-state index in [1.54, 1.807) is 19.4 Å². The first-order chi connectivity index (χ1) is 12.1. The lowest BCUT2D eigenvalue weighted by atomic mass is 9.88. The Kier molecular flexibility index (Phi) is 5.73. The van der Waals surface area contributed by atoms with Gasteiger partial charge in [-0.05, 0) is 31.6 Å². The summed E-state index contributed by atoms with van der Waals surface area (Å²) in [6, 6.07) is 1.94. The summed E-state index contributed by atoms with van der Waals surface area (Å²) in [5.74, 6) is 2.11. The standard InChI is InChI=1S/C18H29N5O2/c1-13-4-3-9-23(15(13)12-19)17(24)14-6-10-22(11-7-14)18-20-8-5-16(21-18)25-2/h5,8,13-15H,3-4,6-7,9-12,19H2,1-2H3. The summed E-state index contributed by atoms with van der Waals surface area (Å²) in [6.45, 7) is 5.20. The van der Waals surface area contributed by atoms with E-state index in [1.165, 1.54) is 0 Å². The molecule has 7 heteroatoms. The quantitative estimate of drug-likeness (QED) is 0.883. The minimum atomic E-state index is 0.0845. The van der Waals surface area contributed by atoms with Crippen LogP contribution in [0, 0.1) is 11.8 Å². The van der Waals surface area contributed by atoms with Crippen molar-refractivity contribution in [2.45, 2.75) is 38.6 Å². The number of piperidine rings is 2. The molecule has 0 aromatic carbocycles.